The molecular formula is C29H32BrN3O2. The molecule has 0 aliphatic rings. The molecule has 182 valence electrons. The van der Waals surface area contributed by atoms with Gasteiger partial charge < -0.3 is 14.6 Å². The third kappa shape index (κ3) is 7.43. The Morgan fingerprint density at radius 1 is 0.857 bits per heavy atom. The first-order valence-electron chi connectivity index (χ1n) is 12.4. The first-order chi connectivity index (χ1) is 17.2. The number of carbonyl (C=O) groups excluding carboxylic acids is 1. The number of benzene rings is 3. The number of nitrogens with one attached hydrogen (secondary N) is 1. The van der Waals surface area contributed by atoms with Crippen LogP contribution in [0.1, 0.15) is 48.3 Å². The van der Waals surface area contributed by atoms with E-state index in [1.807, 2.05) is 60.7 Å². The summed E-state index contributed by atoms with van der Waals surface area (Å²) in [6.07, 6.45) is 6.04. The Labute approximate surface area is 215 Å². The predicted octanol–water partition coefficient (Wildman–Crippen LogP) is 6.80. The summed E-state index contributed by atoms with van der Waals surface area (Å²) in [4.78, 5) is 17.1. The summed E-state index contributed by atoms with van der Waals surface area (Å²) < 4.78 is 9.18. The number of aryl methyl sites for hydroxylation is 2. The second-order valence-corrected chi connectivity index (χ2v) is 9.53. The SMILES string of the molecule is O=C(NCCCCCc1nc2ccccc2n1CCCCOc1ccccc1)c1ccc(Br)cc1. The first kappa shape index (κ1) is 25.0. The van der Waals surface area contributed by atoms with Gasteiger partial charge in [0, 0.05) is 29.5 Å². The number of nitrogens with zero attached hydrogens (tertiary/aromatic N) is 2. The Kier molecular flexibility index (Phi) is 9.35. The summed E-state index contributed by atoms with van der Waals surface area (Å²) in [7, 11) is 0. The zero-order valence-electron chi connectivity index (χ0n) is 20.0. The lowest BCUT2D eigenvalue weighted by atomic mass is 10.1. The van der Waals surface area contributed by atoms with E-state index in [4.69, 9.17) is 9.72 Å². The molecule has 35 heavy (non-hydrogen) atoms. The van der Waals surface area contributed by atoms with Gasteiger partial charge in [-0.15, -0.1) is 0 Å². The number of aromatic nitrogens is 2. The molecule has 5 nitrogen and oxygen atoms in total. The quantitative estimate of drug-likeness (QED) is 0.192. The number of unbranched alkanes of at least 4 members (excludes halogenated alkanes) is 3. The fourth-order valence-corrected chi connectivity index (χ4v) is 4.40. The predicted molar refractivity (Wildman–Crippen MR) is 145 cm³/mol. The van der Waals surface area contributed by atoms with E-state index in [9.17, 15) is 4.79 Å². The zero-order chi connectivity index (χ0) is 24.3. The molecule has 3 aromatic carbocycles. The number of rotatable bonds is 13. The topological polar surface area (TPSA) is 56.2 Å². The van der Waals surface area contributed by atoms with Crippen LogP contribution in [-0.4, -0.2) is 28.6 Å². The summed E-state index contributed by atoms with van der Waals surface area (Å²) in [5.41, 5.74) is 2.95. The summed E-state index contributed by atoms with van der Waals surface area (Å²) in [5.74, 6) is 2.05. The number of para-hydroxylation sites is 3. The van der Waals surface area contributed by atoms with E-state index < -0.39 is 0 Å². The van der Waals surface area contributed by atoms with E-state index in [2.05, 4.69) is 44.0 Å². The van der Waals surface area contributed by atoms with E-state index in [-0.39, 0.29) is 5.91 Å². The van der Waals surface area contributed by atoms with Crippen molar-refractivity contribution in [3.63, 3.8) is 0 Å². The first-order valence-corrected chi connectivity index (χ1v) is 13.2. The van der Waals surface area contributed by atoms with Gasteiger partial charge in [0.2, 0.25) is 0 Å². The van der Waals surface area contributed by atoms with E-state index in [1.54, 1.807) is 0 Å². The van der Waals surface area contributed by atoms with Crippen LogP contribution < -0.4 is 10.1 Å². The fourth-order valence-electron chi connectivity index (χ4n) is 4.13. The van der Waals surface area contributed by atoms with Crippen molar-refractivity contribution >= 4 is 32.9 Å². The van der Waals surface area contributed by atoms with Crippen molar-refractivity contribution in [2.45, 2.75) is 45.1 Å². The average Bonchev–Trinajstić information content (AvgIpc) is 3.24. The lowest BCUT2D eigenvalue weighted by Gasteiger charge is -2.10. The highest BCUT2D eigenvalue weighted by atomic mass is 79.9. The van der Waals surface area contributed by atoms with Crippen LogP contribution in [0.15, 0.2) is 83.3 Å². The number of amides is 1. The number of hydrogen-bond donors (Lipinski definition) is 1. The van der Waals surface area contributed by atoms with Crippen LogP contribution in [0.3, 0.4) is 0 Å². The summed E-state index contributed by atoms with van der Waals surface area (Å²) >= 11 is 3.40. The third-order valence-electron chi connectivity index (χ3n) is 5.99. The number of hydrogen-bond acceptors (Lipinski definition) is 3. The molecule has 4 aromatic rings. The number of imidazole rings is 1. The van der Waals surface area contributed by atoms with Gasteiger partial charge in [0.1, 0.15) is 11.6 Å². The maximum absolute atomic E-state index is 12.2. The van der Waals surface area contributed by atoms with Crippen LogP contribution in [0.25, 0.3) is 11.0 Å². The molecule has 0 aliphatic carbocycles. The van der Waals surface area contributed by atoms with Crippen molar-refractivity contribution in [1.82, 2.24) is 14.9 Å². The lowest BCUT2D eigenvalue weighted by Crippen LogP contribution is -2.24. The van der Waals surface area contributed by atoms with Crippen molar-refractivity contribution in [2.75, 3.05) is 13.2 Å². The third-order valence-corrected chi connectivity index (χ3v) is 6.52. The molecule has 0 aliphatic heterocycles. The Balaban J connectivity index is 1.21. The molecule has 4 rings (SSSR count). The minimum Gasteiger partial charge on any atom is -0.494 e. The molecule has 0 unspecified atom stereocenters. The van der Waals surface area contributed by atoms with Crippen molar-refractivity contribution in [2.24, 2.45) is 0 Å². The van der Waals surface area contributed by atoms with Gasteiger partial charge in [0.05, 0.1) is 17.6 Å². The van der Waals surface area contributed by atoms with Gasteiger partial charge in [-0.25, -0.2) is 4.98 Å². The van der Waals surface area contributed by atoms with Gasteiger partial charge in [-0.1, -0.05) is 52.7 Å². The Bertz CT molecular complexity index is 1210. The Hall–Kier alpha value is -3.12. The zero-order valence-corrected chi connectivity index (χ0v) is 21.5. The van der Waals surface area contributed by atoms with Crippen LogP contribution in [0.5, 0.6) is 5.75 Å². The number of halogens is 1. The molecule has 1 N–H and O–H groups in total. The summed E-state index contributed by atoms with van der Waals surface area (Å²) in [6.45, 7) is 2.35. The number of carbonyl (C=O) groups is 1. The standard InChI is InChI=1S/C29H32BrN3O2/c30-24-18-16-23(17-19-24)29(34)31-20-8-2-5-15-28-32-26-13-6-7-14-27(26)33(28)21-9-10-22-35-25-11-3-1-4-12-25/h1,3-4,6-7,11-14,16-19H,2,5,8-10,15,20-22H2,(H,31,34). The monoisotopic (exact) mass is 533 g/mol. The van der Waals surface area contributed by atoms with Crippen molar-refractivity contribution in [1.29, 1.82) is 0 Å². The smallest absolute Gasteiger partial charge is 0.251 e. The minimum atomic E-state index is -0.0180. The van der Waals surface area contributed by atoms with E-state index in [0.29, 0.717) is 12.1 Å². The molecule has 0 bridgehead atoms. The van der Waals surface area contributed by atoms with Gasteiger partial charge in [-0.05, 0) is 74.2 Å². The highest BCUT2D eigenvalue weighted by Crippen LogP contribution is 2.19. The molecular weight excluding hydrogens is 502 g/mol. The lowest BCUT2D eigenvalue weighted by molar-refractivity contribution is 0.0953. The molecule has 0 saturated carbocycles. The maximum Gasteiger partial charge on any atom is 0.251 e. The fraction of sp³-hybridized carbons (Fsp3) is 0.310. The molecule has 0 fully saturated rings. The average molecular weight is 534 g/mol. The van der Waals surface area contributed by atoms with Crippen LogP contribution in [0.4, 0.5) is 0 Å². The molecule has 1 heterocycles. The second kappa shape index (κ2) is 13.1. The van der Waals surface area contributed by atoms with Crippen LogP contribution in [0, 0.1) is 0 Å². The second-order valence-electron chi connectivity index (χ2n) is 8.61. The van der Waals surface area contributed by atoms with Crippen molar-refractivity contribution in [3.8, 4) is 5.75 Å². The maximum atomic E-state index is 12.2. The molecule has 0 spiro atoms. The Morgan fingerprint density at radius 2 is 1.63 bits per heavy atom. The van der Waals surface area contributed by atoms with E-state index in [1.165, 1.54) is 5.52 Å². The number of ether oxygens (including phenoxy) is 1. The molecule has 6 heteroatoms. The van der Waals surface area contributed by atoms with Crippen LogP contribution in [0.2, 0.25) is 0 Å². The van der Waals surface area contributed by atoms with Gasteiger partial charge in [0.25, 0.3) is 5.91 Å². The van der Waals surface area contributed by atoms with Crippen molar-refractivity contribution < 1.29 is 9.53 Å². The van der Waals surface area contributed by atoms with E-state index >= 15 is 0 Å². The normalized spacial score (nSPS) is 11.0. The Morgan fingerprint density at radius 3 is 2.46 bits per heavy atom. The highest BCUT2D eigenvalue weighted by Gasteiger charge is 2.10. The van der Waals surface area contributed by atoms with Gasteiger partial charge >= 0.3 is 0 Å². The van der Waals surface area contributed by atoms with E-state index in [0.717, 1.165) is 73.2 Å². The minimum absolute atomic E-state index is 0.0180. The van der Waals surface area contributed by atoms with Gasteiger partial charge in [-0.2, -0.15) is 0 Å². The summed E-state index contributed by atoms with van der Waals surface area (Å²) in [6, 6.07) is 25.8. The summed E-state index contributed by atoms with van der Waals surface area (Å²) in [5, 5.41) is 3.01. The molecule has 0 radical (unpaired) electrons. The van der Waals surface area contributed by atoms with Gasteiger partial charge in [0.15, 0.2) is 0 Å². The van der Waals surface area contributed by atoms with Crippen LogP contribution >= 0.6 is 15.9 Å². The molecule has 1 amide bonds. The van der Waals surface area contributed by atoms with Gasteiger partial charge in [-0.3, -0.25) is 4.79 Å². The highest BCUT2D eigenvalue weighted by molar-refractivity contribution is 9.10. The molecule has 0 atom stereocenters. The van der Waals surface area contributed by atoms with Crippen LogP contribution in [-0.2, 0) is 13.0 Å². The molecule has 0 saturated heterocycles. The number of fused-ring (bicyclic) bond motifs is 1. The van der Waals surface area contributed by atoms with Crippen molar-refractivity contribution in [3.05, 3.63) is 94.7 Å². The molecule has 1 aromatic heterocycles. The largest absolute Gasteiger partial charge is 0.494 e.